The zero-order valence-corrected chi connectivity index (χ0v) is 17.4. The minimum Gasteiger partial charge on any atom is -0.337 e. The van der Waals surface area contributed by atoms with Gasteiger partial charge < -0.3 is 15.1 Å². The van der Waals surface area contributed by atoms with Crippen LogP contribution in [0.3, 0.4) is 0 Å². The van der Waals surface area contributed by atoms with Crippen molar-refractivity contribution in [1.29, 1.82) is 0 Å². The second-order valence-electron chi connectivity index (χ2n) is 7.86. The number of aryl methyl sites for hydroxylation is 1. The molecule has 2 aromatic rings. The Kier molecular flexibility index (Phi) is 7.42. The quantitative estimate of drug-likeness (QED) is 0.778. The van der Waals surface area contributed by atoms with Crippen molar-refractivity contribution in [2.75, 3.05) is 32.0 Å². The Balaban J connectivity index is 1.54. The van der Waals surface area contributed by atoms with E-state index in [-0.39, 0.29) is 17.9 Å². The monoisotopic (exact) mass is 393 g/mol. The average Bonchev–Trinajstić information content (AvgIpc) is 2.73. The number of benzene rings is 2. The van der Waals surface area contributed by atoms with Crippen LogP contribution in [0.15, 0.2) is 54.6 Å². The minimum atomic E-state index is -0.138. The predicted molar refractivity (Wildman–Crippen MR) is 117 cm³/mol. The van der Waals surface area contributed by atoms with Crippen molar-refractivity contribution >= 4 is 17.5 Å². The van der Waals surface area contributed by atoms with E-state index in [1.165, 1.54) is 12.5 Å². The summed E-state index contributed by atoms with van der Waals surface area (Å²) in [6.45, 7) is 4.55. The van der Waals surface area contributed by atoms with Crippen molar-refractivity contribution in [3.8, 4) is 0 Å². The van der Waals surface area contributed by atoms with Gasteiger partial charge in [-0.3, -0.25) is 9.59 Å². The van der Waals surface area contributed by atoms with E-state index in [1.807, 2.05) is 24.1 Å². The van der Waals surface area contributed by atoms with Gasteiger partial charge in [-0.25, -0.2) is 0 Å². The number of hydrogen-bond acceptors (Lipinski definition) is 3. The summed E-state index contributed by atoms with van der Waals surface area (Å²) in [7, 11) is 1.89. The molecule has 0 aliphatic carbocycles. The van der Waals surface area contributed by atoms with E-state index >= 15 is 0 Å². The molecular weight excluding hydrogens is 362 g/mol. The second kappa shape index (κ2) is 10.2. The van der Waals surface area contributed by atoms with E-state index in [0.717, 1.165) is 45.3 Å². The molecule has 0 aromatic heterocycles. The molecule has 1 N–H and O–H groups in total. The third kappa shape index (κ3) is 6.16. The molecule has 5 heteroatoms. The molecule has 1 saturated heterocycles. The lowest BCUT2D eigenvalue weighted by atomic mass is 10.0. The number of likely N-dealkylation sites (tertiary alicyclic amines) is 1. The molecule has 0 bridgehead atoms. The summed E-state index contributed by atoms with van der Waals surface area (Å²) in [5.74, 6) is -0.130. The lowest BCUT2D eigenvalue weighted by molar-refractivity contribution is -0.114. The van der Waals surface area contributed by atoms with Crippen LogP contribution < -0.4 is 5.32 Å². The number of amides is 2. The van der Waals surface area contributed by atoms with Crippen molar-refractivity contribution in [2.24, 2.45) is 0 Å². The van der Waals surface area contributed by atoms with Gasteiger partial charge in [-0.05, 0) is 62.5 Å². The molecule has 1 heterocycles. The molecule has 1 aliphatic rings. The van der Waals surface area contributed by atoms with Crippen LogP contribution in [0, 0.1) is 0 Å². The molecule has 2 aromatic carbocycles. The van der Waals surface area contributed by atoms with Crippen LogP contribution in [0.1, 0.15) is 42.1 Å². The van der Waals surface area contributed by atoms with Crippen LogP contribution in [0.2, 0.25) is 0 Å². The van der Waals surface area contributed by atoms with Crippen molar-refractivity contribution in [1.82, 2.24) is 9.80 Å². The maximum atomic E-state index is 13.0. The van der Waals surface area contributed by atoms with Gasteiger partial charge in [0.2, 0.25) is 5.91 Å². The molecule has 0 radical (unpaired) electrons. The average molecular weight is 394 g/mol. The van der Waals surface area contributed by atoms with Gasteiger partial charge in [0.05, 0.1) is 0 Å². The SMILES string of the molecule is CC(=O)Nc1cccc(C(=O)N(C)[C@H]2CCCN(CCCc3ccccc3)C2)c1. The number of likely N-dealkylation sites (N-methyl/N-ethyl adjacent to an activating group) is 1. The standard InChI is InChI=1S/C24H31N3O2/c1-19(28)25-22-13-6-12-21(17-22)24(29)26(2)23-14-8-16-27(18-23)15-7-11-20-9-4-3-5-10-20/h3-6,9-10,12-13,17,23H,7-8,11,14-16,18H2,1-2H3,(H,25,28)/t23-/m0/s1. The number of anilines is 1. The molecule has 1 fully saturated rings. The summed E-state index contributed by atoms with van der Waals surface area (Å²) in [5.41, 5.74) is 2.65. The number of nitrogens with zero attached hydrogens (tertiary/aromatic N) is 2. The van der Waals surface area contributed by atoms with Gasteiger partial charge in [-0.1, -0.05) is 36.4 Å². The van der Waals surface area contributed by atoms with Gasteiger partial charge in [-0.15, -0.1) is 0 Å². The minimum absolute atomic E-state index is 0.00772. The van der Waals surface area contributed by atoms with Gasteiger partial charge in [0, 0.05) is 37.8 Å². The summed E-state index contributed by atoms with van der Waals surface area (Å²) < 4.78 is 0. The van der Waals surface area contributed by atoms with E-state index < -0.39 is 0 Å². The Bertz CT molecular complexity index is 822. The molecule has 5 nitrogen and oxygen atoms in total. The molecule has 0 saturated carbocycles. The Morgan fingerprint density at radius 3 is 2.69 bits per heavy atom. The number of rotatable bonds is 7. The molecule has 29 heavy (non-hydrogen) atoms. The third-order valence-corrected chi connectivity index (χ3v) is 5.56. The molecule has 1 atom stereocenters. The zero-order chi connectivity index (χ0) is 20.6. The smallest absolute Gasteiger partial charge is 0.253 e. The zero-order valence-electron chi connectivity index (χ0n) is 17.4. The van der Waals surface area contributed by atoms with Gasteiger partial charge in [0.1, 0.15) is 0 Å². The first-order valence-electron chi connectivity index (χ1n) is 10.4. The van der Waals surface area contributed by atoms with E-state index in [9.17, 15) is 9.59 Å². The fraction of sp³-hybridized carbons (Fsp3) is 0.417. The van der Waals surface area contributed by atoms with Gasteiger partial charge in [0.25, 0.3) is 5.91 Å². The van der Waals surface area contributed by atoms with Crippen molar-refractivity contribution in [2.45, 2.75) is 38.6 Å². The topological polar surface area (TPSA) is 52.7 Å². The summed E-state index contributed by atoms with van der Waals surface area (Å²) in [6, 6.07) is 18.0. The lowest BCUT2D eigenvalue weighted by Gasteiger charge is -2.37. The summed E-state index contributed by atoms with van der Waals surface area (Å²) in [6.07, 6.45) is 4.36. The number of carbonyl (C=O) groups is 2. The molecule has 1 aliphatic heterocycles. The van der Waals surface area contributed by atoms with Gasteiger partial charge >= 0.3 is 0 Å². The summed E-state index contributed by atoms with van der Waals surface area (Å²) in [4.78, 5) is 28.6. The Morgan fingerprint density at radius 1 is 1.14 bits per heavy atom. The van der Waals surface area contributed by atoms with Gasteiger partial charge in [-0.2, -0.15) is 0 Å². The Morgan fingerprint density at radius 2 is 1.93 bits per heavy atom. The first-order chi connectivity index (χ1) is 14.0. The lowest BCUT2D eigenvalue weighted by Crippen LogP contribution is -2.48. The van der Waals surface area contributed by atoms with Crippen molar-refractivity contribution in [3.05, 3.63) is 65.7 Å². The number of hydrogen-bond donors (Lipinski definition) is 1. The Hall–Kier alpha value is -2.66. The van der Waals surface area contributed by atoms with E-state index in [0.29, 0.717) is 11.3 Å². The van der Waals surface area contributed by atoms with E-state index in [2.05, 4.69) is 40.5 Å². The molecule has 0 unspecified atom stereocenters. The normalized spacial score (nSPS) is 17.0. The third-order valence-electron chi connectivity index (χ3n) is 5.56. The molecular formula is C24H31N3O2. The van der Waals surface area contributed by atoms with E-state index in [4.69, 9.17) is 0 Å². The van der Waals surface area contributed by atoms with Crippen LogP contribution in [0.4, 0.5) is 5.69 Å². The van der Waals surface area contributed by atoms with Crippen LogP contribution in [-0.4, -0.2) is 54.3 Å². The summed E-state index contributed by atoms with van der Waals surface area (Å²) in [5, 5.41) is 2.74. The highest BCUT2D eigenvalue weighted by Gasteiger charge is 2.26. The van der Waals surface area contributed by atoms with Crippen molar-refractivity contribution in [3.63, 3.8) is 0 Å². The maximum absolute atomic E-state index is 13.0. The number of nitrogens with one attached hydrogen (secondary N) is 1. The largest absolute Gasteiger partial charge is 0.337 e. The van der Waals surface area contributed by atoms with Gasteiger partial charge in [0.15, 0.2) is 0 Å². The first kappa shape index (κ1) is 21.1. The number of piperidine rings is 1. The van der Waals surface area contributed by atoms with Crippen LogP contribution in [0.25, 0.3) is 0 Å². The maximum Gasteiger partial charge on any atom is 0.253 e. The van der Waals surface area contributed by atoms with E-state index in [1.54, 1.807) is 12.1 Å². The molecule has 3 rings (SSSR count). The highest BCUT2D eigenvalue weighted by molar-refractivity contribution is 5.96. The molecule has 154 valence electrons. The van der Waals surface area contributed by atoms with Crippen LogP contribution >= 0.6 is 0 Å². The highest BCUT2D eigenvalue weighted by Crippen LogP contribution is 2.19. The highest BCUT2D eigenvalue weighted by atomic mass is 16.2. The fourth-order valence-electron chi connectivity index (χ4n) is 4.00. The van der Waals surface area contributed by atoms with Crippen molar-refractivity contribution < 1.29 is 9.59 Å². The Labute approximate surface area is 173 Å². The fourth-order valence-corrected chi connectivity index (χ4v) is 4.00. The summed E-state index contributed by atoms with van der Waals surface area (Å²) >= 11 is 0. The predicted octanol–water partition coefficient (Wildman–Crippen LogP) is 3.81. The van der Waals surface area contributed by atoms with Crippen LogP contribution in [-0.2, 0) is 11.2 Å². The van der Waals surface area contributed by atoms with Crippen LogP contribution in [0.5, 0.6) is 0 Å². The molecule has 0 spiro atoms. The number of carbonyl (C=O) groups excluding carboxylic acids is 2. The second-order valence-corrected chi connectivity index (χ2v) is 7.86. The first-order valence-corrected chi connectivity index (χ1v) is 10.4. The molecule has 2 amide bonds.